The standard InChI is InChI=1S/C16H25N5O4/c1-16(2,3)15(23)24-7-5-11(4-6-22)25-10-21-9-20-12-13(17)18-8-19-14(12)21/h8-9,11,22H,4-7,10H2,1-3H3,(H2,17,18,19). The predicted octanol–water partition coefficient (Wildman–Crippen LogP) is 1.11. The zero-order valence-corrected chi connectivity index (χ0v) is 14.8. The van der Waals surface area contributed by atoms with Gasteiger partial charge in [0, 0.05) is 13.0 Å². The second kappa shape index (κ2) is 8.21. The Morgan fingerprint density at radius 3 is 2.76 bits per heavy atom. The van der Waals surface area contributed by atoms with E-state index in [9.17, 15) is 9.90 Å². The fourth-order valence-electron chi connectivity index (χ4n) is 2.13. The molecule has 0 aliphatic rings. The molecule has 0 spiro atoms. The molecule has 0 amide bonds. The Morgan fingerprint density at radius 2 is 2.08 bits per heavy atom. The SMILES string of the molecule is CC(C)(C)C(=O)OCCC(CCO)OCn1cnc2c(N)ncnc21. The highest BCUT2D eigenvalue weighted by atomic mass is 16.5. The van der Waals surface area contributed by atoms with Gasteiger partial charge in [-0.05, 0) is 27.2 Å². The van der Waals surface area contributed by atoms with E-state index in [0.29, 0.717) is 29.8 Å². The quantitative estimate of drug-likeness (QED) is 0.678. The number of anilines is 1. The lowest BCUT2D eigenvalue weighted by atomic mass is 9.97. The van der Waals surface area contributed by atoms with Crippen molar-refractivity contribution in [2.75, 3.05) is 18.9 Å². The summed E-state index contributed by atoms with van der Waals surface area (Å²) in [5.74, 6) is 0.0489. The third kappa shape index (κ3) is 5.10. The molecule has 0 fully saturated rings. The van der Waals surface area contributed by atoms with Gasteiger partial charge in [0.15, 0.2) is 11.5 Å². The lowest BCUT2D eigenvalue weighted by Gasteiger charge is -2.20. The topological polar surface area (TPSA) is 125 Å². The maximum Gasteiger partial charge on any atom is 0.311 e. The second-order valence-corrected chi connectivity index (χ2v) is 6.75. The van der Waals surface area contributed by atoms with Crippen molar-refractivity contribution in [3.63, 3.8) is 0 Å². The van der Waals surface area contributed by atoms with Crippen LogP contribution in [0, 0.1) is 5.41 Å². The summed E-state index contributed by atoms with van der Waals surface area (Å²) in [6, 6.07) is 0. The van der Waals surface area contributed by atoms with E-state index in [-0.39, 0.29) is 32.0 Å². The number of imidazole rings is 1. The number of carbonyl (C=O) groups excluding carboxylic acids is 1. The average Bonchev–Trinajstić information content (AvgIpc) is 2.96. The summed E-state index contributed by atoms with van der Waals surface area (Å²) < 4.78 is 12.8. The second-order valence-electron chi connectivity index (χ2n) is 6.75. The van der Waals surface area contributed by atoms with Crippen molar-refractivity contribution in [2.45, 2.75) is 46.4 Å². The molecule has 138 valence electrons. The molecular weight excluding hydrogens is 326 g/mol. The number of ether oxygens (including phenoxy) is 2. The number of nitrogen functional groups attached to an aromatic ring is 1. The maximum atomic E-state index is 11.8. The van der Waals surface area contributed by atoms with Crippen molar-refractivity contribution in [2.24, 2.45) is 5.41 Å². The number of rotatable bonds is 8. The third-order valence-corrected chi connectivity index (χ3v) is 3.62. The molecule has 0 saturated heterocycles. The summed E-state index contributed by atoms with van der Waals surface area (Å²) in [6.07, 6.45) is 3.62. The van der Waals surface area contributed by atoms with E-state index in [1.54, 1.807) is 31.7 Å². The molecule has 0 bridgehead atoms. The number of nitrogens with zero attached hydrogens (tertiary/aromatic N) is 4. The largest absolute Gasteiger partial charge is 0.465 e. The number of fused-ring (bicyclic) bond motifs is 1. The first-order valence-corrected chi connectivity index (χ1v) is 8.14. The third-order valence-electron chi connectivity index (χ3n) is 3.62. The number of hydrogen-bond donors (Lipinski definition) is 2. The van der Waals surface area contributed by atoms with E-state index in [1.807, 2.05) is 0 Å². The van der Waals surface area contributed by atoms with Gasteiger partial charge in [0.2, 0.25) is 0 Å². The number of nitrogens with two attached hydrogens (primary N) is 1. The van der Waals surface area contributed by atoms with Crippen LogP contribution in [-0.4, -0.2) is 49.9 Å². The molecule has 2 aromatic heterocycles. The van der Waals surface area contributed by atoms with Gasteiger partial charge >= 0.3 is 5.97 Å². The summed E-state index contributed by atoms with van der Waals surface area (Å²) in [6.45, 7) is 5.82. The summed E-state index contributed by atoms with van der Waals surface area (Å²) in [4.78, 5) is 24.0. The molecule has 9 nitrogen and oxygen atoms in total. The van der Waals surface area contributed by atoms with Crippen molar-refractivity contribution in [1.29, 1.82) is 0 Å². The van der Waals surface area contributed by atoms with Crippen LogP contribution in [0.15, 0.2) is 12.7 Å². The van der Waals surface area contributed by atoms with Crippen molar-refractivity contribution in [3.05, 3.63) is 12.7 Å². The Morgan fingerprint density at radius 1 is 1.32 bits per heavy atom. The van der Waals surface area contributed by atoms with Crippen LogP contribution < -0.4 is 5.73 Å². The molecular formula is C16H25N5O4. The van der Waals surface area contributed by atoms with Gasteiger partial charge < -0.3 is 20.3 Å². The van der Waals surface area contributed by atoms with Crippen LogP contribution in [0.5, 0.6) is 0 Å². The molecule has 25 heavy (non-hydrogen) atoms. The fraction of sp³-hybridized carbons (Fsp3) is 0.625. The minimum atomic E-state index is -0.539. The van der Waals surface area contributed by atoms with Crippen molar-refractivity contribution < 1.29 is 19.4 Å². The lowest BCUT2D eigenvalue weighted by molar-refractivity contribution is -0.154. The first-order valence-electron chi connectivity index (χ1n) is 8.14. The summed E-state index contributed by atoms with van der Waals surface area (Å²) in [5.41, 5.74) is 6.31. The number of aromatic nitrogens is 4. The van der Waals surface area contributed by atoms with Gasteiger partial charge in [0.1, 0.15) is 18.6 Å². The average molecular weight is 351 g/mol. The molecule has 1 atom stereocenters. The van der Waals surface area contributed by atoms with Gasteiger partial charge in [-0.3, -0.25) is 9.36 Å². The number of aliphatic hydroxyl groups excluding tert-OH is 1. The monoisotopic (exact) mass is 351 g/mol. The van der Waals surface area contributed by atoms with Gasteiger partial charge in [-0.1, -0.05) is 0 Å². The van der Waals surface area contributed by atoms with E-state index >= 15 is 0 Å². The van der Waals surface area contributed by atoms with Crippen LogP contribution in [0.2, 0.25) is 0 Å². The zero-order valence-electron chi connectivity index (χ0n) is 14.8. The highest BCUT2D eigenvalue weighted by Crippen LogP contribution is 2.17. The molecule has 0 aliphatic heterocycles. The molecule has 0 aromatic carbocycles. The Balaban J connectivity index is 1.90. The van der Waals surface area contributed by atoms with Crippen LogP contribution in [0.1, 0.15) is 33.6 Å². The van der Waals surface area contributed by atoms with Gasteiger partial charge in [-0.25, -0.2) is 15.0 Å². The summed E-state index contributed by atoms with van der Waals surface area (Å²) in [5, 5.41) is 9.20. The zero-order chi connectivity index (χ0) is 18.4. The molecule has 2 aromatic rings. The van der Waals surface area contributed by atoms with E-state index in [1.165, 1.54) is 6.33 Å². The maximum absolute atomic E-state index is 11.8. The van der Waals surface area contributed by atoms with Crippen LogP contribution in [0.4, 0.5) is 5.82 Å². The highest BCUT2D eigenvalue weighted by molar-refractivity contribution is 5.81. The van der Waals surface area contributed by atoms with Crippen molar-refractivity contribution in [3.8, 4) is 0 Å². The van der Waals surface area contributed by atoms with Crippen molar-refractivity contribution >= 4 is 23.0 Å². The summed E-state index contributed by atoms with van der Waals surface area (Å²) in [7, 11) is 0. The number of hydrogen-bond acceptors (Lipinski definition) is 8. The minimum absolute atomic E-state index is 0.0162. The molecule has 0 aliphatic carbocycles. The van der Waals surface area contributed by atoms with Crippen molar-refractivity contribution in [1.82, 2.24) is 19.5 Å². The smallest absolute Gasteiger partial charge is 0.311 e. The van der Waals surface area contributed by atoms with E-state index < -0.39 is 5.41 Å². The van der Waals surface area contributed by atoms with Gasteiger partial charge in [0.05, 0.1) is 24.5 Å². The fourth-order valence-corrected chi connectivity index (χ4v) is 2.13. The molecule has 1 unspecified atom stereocenters. The Bertz CT molecular complexity index is 710. The predicted molar refractivity (Wildman–Crippen MR) is 91.3 cm³/mol. The Kier molecular flexibility index (Phi) is 6.27. The molecule has 0 radical (unpaired) electrons. The van der Waals surface area contributed by atoms with E-state index in [0.717, 1.165) is 0 Å². The Hall–Kier alpha value is -2.26. The minimum Gasteiger partial charge on any atom is -0.465 e. The normalized spacial score (nSPS) is 13.1. The Labute approximate surface area is 146 Å². The number of aliphatic hydroxyl groups is 1. The number of esters is 1. The van der Waals surface area contributed by atoms with Gasteiger partial charge in [0.25, 0.3) is 0 Å². The molecule has 9 heteroatoms. The number of carbonyl (C=O) groups is 1. The highest BCUT2D eigenvalue weighted by Gasteiger charge is 2.23. The van der Waals surface area contributed by atoms with E-state index in [2.05, 4.69) is 15.0 Å². The lowest BCUT2D eigenvalue weighted by Crippen LogP contribution is -2.25. The van der Waals surface area contributed by atoms with Crippen LogP contribution >= 0.6 is 0 Å². The van der Waals surface area contributed by atoms with Gasteiger partial charge in [-0.2, -0.15) is 0 Å². The summed E-state index contributed by atoms with van der Waals surface area (Å²) >= 11 is 0. The molecule has 2 rings (SSSR count). The van der Waals surface area contributed by atoms with E-state index in [4.69, 9.17) is 15.2 Å². The molecule has 2 heterocycles. The molecule has 3 N–H and O–H groups in total. The first-order chi connectivity index (χ1) is 11.8. The molecule has 0 saturated carbocycles. The van der Waals surface area contributed by atoms with Crippen LogP contribution in [0.3, 0.4) is 0 Å². The first kappa shape index (κ1) is 19.1. The van der Waals surface area contributed by atoms with Crippen LogP contribution in [0.25, 0.3) is 11.2 Å². The van der Waals surface area contributed by atoms with Gasteiger partial charge in [-0.15, -0.1) is 0 Å². The van der Waals surface area contributed by atoms with Crippen LogP contribution in [-0.2, 0) is 21.0 Å².